The van der Waals surface area contributed by atoms with Crippen molar-refractivity contribution >= 4 is 10.8 Å². The zero-order chi connectivity index (χ0) is 23.6. The summed E-state index contributed by atoms with van der Waals surface area (Å²) >= 11 is 0. The number of benzene rings is 5. The van der Waals surface area contributed by atoms with Crippen molar-refractivity contribution in [3.05, 3.63) is 133 Å². The second kappa shape index (κ2) is 9.00. The maximum atomic E-state index is 4.95. The average molecular weight is 449 g/mol. The Morgan fingerprint density at radius 2 is 0.914 bits per heavy atom. The number of aromatic nitrogens is 2. The van der Waals surface area contributed by atoms with Crippen LogP contribution in [-0.2, 0) is 0 Å². The SMILES string of the molecule is Cc1cc2ccccc2cc1-c1ccc(-c2nc(-c3ccccc3)cc(-c3ccccc3)n2)cc1. The molecule has 0 aliphatic rings. The molecule has 0 radical (unpaired) electrons. The molecule has 2 nitrogen and oxygen atoms in total. The van der Waals surface area contributed by atoms with E-state index in [9.17, 15) is 0 Å². The largest absolute Gasteiger partial charge is 0.228 e. The Morgan fingerprint density at radius 3 is 1.49 bits per heavy atom. The van der Waals surface area contributed by atoms with E-state index in [0.29, 0.717) is 0 Å². The van der Waals surface area contributed by atoms with E-state index in [1.54, 1.807) is 0 Å². The van der Waals surface area contributed by atoms with E-state index >= 15 is 0 Å². The molecule has 0 N–H and O–H groups in total. The van der Waals surface area contributed by atoms with Crippen LogP contribution in [0.5, 0.6) is 0 Å². The molecular weight excluding hydrogens is 424 g/mol. The molecular formula is C33H24N2. The second-order valence-corrected chi connectivity index (χ2v) is 8.79. The first kappa shape index (κ1) is 21.0. The standard InChI is InChI=1S/C33H24N2/c1-23-20-28-14-8-9-15-29(28)21-30(23)24-16-18-27(19-17-24)33-34-31(25-10-4-2-5-11-25)22-32(35-33)26-12-6-3-7-13-26/h2-22H,1H3. The molecule has 6 aromatic rings. The molecule has 0 amide bonds. The molecule has 1 heterocycles. The van der Waals surface area contributed by atoms with Crippen LogP contribution >= 0.6 is 0 Å². The molecule has 6 rings (SSSR count). The lowest BCUT2D eigenvalue weighted by Gasteiger charge is -2.11. The fraction of sp³-hybridized carbons (Fsp3) is 0.0303. The number of nitrogens with zero attached hydrogens (tertiary/aromatic N) is 2. The van der Waals surface area contributed by atoms with Crippen molar-refractivity contribution in [2.24, 2.45) is 0 Å². The van der Waals surface area contributed by atoms with E-state index in [2.05, 4.69) is 97.9 Å². The summed E-state index contributed by atoms with van der Waals surface area (Å²) in [7, 11) is 0. The summed E-state index contributed by atoms with van der Waals surface area (Å²) in [5.74, 6) is 0.729. The van der Waals surface area contributed by atoms with Crippen LogP contribution in [0, 0.1) is 6.92 Å². The Hall–Kier alpha value is -4.56. The topological polar surface area (TPSA) is 25.8 Å². The van der Waals surface area contributed by atoms with Gasteiger partial charge in [0.2, 0.25) is 0 Å². The van der Waals surface area contributed by atoms with Crippen LogP contribution in [0.3, 0.4) is 0 Å². The molecule has 35 heavy (non-hydrogen) atoms. The average Bonchev–Trinajstić information content (AvgIpc) is 2.93. The van der Waals surface area contributed by atoms with Gasteiger partial charge in [0.05, 0.1) is 11.4 Å². The Kier molecular flexibility index (Phi) is 5.40. The number of hydrogen-bond donors (Lipinski definition) is 0. The molecule has 0 aliphatic carbocycles. The minimum Gasteiger partial charge on any atom is -0.228 e. The van der Waals surface area contributed by atoms with E-state index in [4.69, 9.17) is 9.97 Å². The van der Waals surface area contributed by atoms with Gasteiger partial charge < -0.3 is 0 Å². The predicted octanol–water partition coefficient (Wildman–Crippen LogP) is 8.61. The summed E-state index contributed by atoms with van der Waals surface area (Å²) in [4.78, 5) is 9.90. The Bertz CT molecular complexity index is 1560. The van der Waals surface area contributed by atoms with E-state index in [1.807, 2.05) is 36.4 Å². The number of fused-ring (bicyclic) bond motifs is 1. The van der Waals surface area contributed by atoms with E-state index < -0.39 is 0 Å². The lowest BCUT2D eigenvalue weighted by atomic mass is 9.95. The zero-order valence-electron chi connectivity index (χ0n) is 19.5. The van der Waals surface area contributed by atoms with Gasteiger partial charge in [-0.3, -0.25) is 0 Å². The first-order valence-electron chi connectivity index (χ1n) is 11.8. The zero-order valence-corrected chi connectivity index (χ0v) is 19.5. The van der Waals surface area contributed by atoms with Gasteiger partial charge in [-0.25, -0.2) is 9.97 Å². The number of hydrogen-bond acceptors (Lipinski definition) is 2. The van der Waals surface area contributed by atoms with Gasteiger partial charge in [0.15, 0.2) is 5.82 Å². The monoisotopic (exact) mass is 448 g/mol. The van der Waals surface area contributed by atoms with Gasteiger partial charge in [-0.15, -0.1) is 0 Å². The molecule has 5 aromatic carbocycles. The normalized spacial score (nSPS) is 11.0. The summed E-state index contributed by atoms with van der Waals surface area (Å²) in [5, 5.41) is 2.52. The van der Waals surface area contributed by atoms with Crippen LogP contribution in [0.25, 0.3) is 55.8 Å². The highest BCUT2D eigenvalue weighted by atomic mass is 14.9. The highest BCUT2D eigenvalue weighted by molar-refractivity contribution is 5.89. The summed E-state index contributed by atoms with van der Waals surface area (Å²) in [6, 6.07) is 44.3. The molecule has 0 fully saturated rings. The Balaban J connectivity index is 1.43. The molecule has 166 valence electrons. The van der Waals surface area contributed by atoms with Crippen LogP contribution in [0.2, 0.25) is 0 Å². The highest BCUT2D eigenvalue weighted by Gasteiger charge is 2.11. The first-order chi connectivity index (χ1) is 17.2. The van der Waals surface area contributed by atoms with Crippen molar-refractivity contribution < 1.29 is 0 Å². The lowest BCUT2D eigenvalue weighted by molar-refractivity contribution is 1.18. The van der Waals surface area contributed by atoms with Gasteiger partial charge >= 0.3 is 0 Å². The third-order valence-corrected chi connectivity index (χ3v) is 6.41. The van der Waals surface area contributed by atoms with Crippen molar-refractivity contribution in [3.8, 4) is 45.0 Å². The van der Waals surface area contributed by atoms with Gasteiger partial charge in [-0.05, 0) is 46.5 Å². The van der Waals surface area contributed by atoms with Gasteiger partial charge in [-0.2, -0.15) is 0 Å². The smallest absolute Gasteiger partial charge is 0.160 e. The van der Waals surface area contributed by atoms with E-state index in [0.717, 1.165) is 33.9 Å². The van der Waals surface area contributed by atoms with Crippen molar-refractivity contribution in [3.63, 3.8) is 0 Å². The molecule has 0 aliphatic heterocycles. The van der Waals surface area contributed by atoms with Crippen LogP contribution in [0.15, 0.2) is 127 Å². The summed E-state index contributed by atoms with van der Waals surface area (Å²) < 4.78 is 0. The van der Waals surface area contributed by atoms with E-state index in [-0.39, 0.29) is 0 Å². The quantitative estimate of drug-likeness (QED) is 0.270. The third-order valence-electron chi connectivity index (χ3n) is 6.41. The fourth-order valence-corrected chi connectivity index (χ4v) is 4.55. The Labute approximate surface area is 205 Å². The fourth-order valence-electron chi connectivity index (χ4n) is 4.55. The molecule has 0 atom stereocenters. The summed E-state index contributed by atoms with van der Waals surface area (Å²) in [5.41, 5.74) is 8.72. The molecule has 2 heteroatoms. The first-order valence-corrected chi connectivity index (χ1v) is 11.8. The van der Waals surface area contributed by atoms with Crippen LogP contribution in [-0.4, -0.2) is 9.97 Å². The minimum absolute atomic E-state index is 0.729. The maximum Gasteiger partial charge on any atom is 0.160 e. The van der Waals surface area contributed by atoms with Gasteiger partial charge in [0, 0.05) is 16.7 Å². The molecule has 0 bridgehead atoms. The maximum absolute atomic E-state index is 4.95. The molecule has 0 unspecified atom stereocenters. The summed E-state index contributed by atoms with van der Waals surface area (Å²) in [6.45, 7) is 2.17. The highest BCUT2D eigenvalue weighted by Crippen LogP contribution is 2.31. The lowest BCUT2D eigenvalue weighted by Crippen LogP contribution is -1.96. The van der Waals surface area contributed by atoms with Crippen molar-refractivity contribution in [1.82, 2.24) is 9.97 Å². The Morgan fingerprint density at radius 1 is 0.429 bits per heavy atom. The van der Waals surface area contributed by atoms with Crippen LogP contribution in [0.1, 0.15) is 5.56 Å². The molecule has 0 saturated heterocycles. The van der Waals surface area contributed by atoms with Crippen LogP contribution < -0.4 is 0 Å². The van der Waals surface area contributed by atoms with Crippen molar-refractivity contribution in [1.29, 1.82) is 0 Å². The van der Waals surface area contributed by atoms with E-state index in [1.165, 1.54) is 27.5 Å². The predicted molar refractivity (Wildman–Crippen MR) is 146 cm³/mol. The number of rotatable bonds is 4. The van der Waals surface area contributed by atoms with Gasteiger partial charge in [0.25, 0.3) is 0 Å². The summed E-state index contributed by atoms with van der Waals surface area (Å²) in [6.07, 6.45) is 0. The van der Waals surface area contributed by atoms with Gasteiger partial charge in [0.1, 0.15) is 0 Å². The van der Waals surface area contributed by atoms with Crippen LogP contribution in [0.4, 0.5) is 0 Å². The minimum atomic E-state index is 0.729. The number of aryl methyl sites for hydroxylation is 1. The molecule has 0 spiro atoms. The molecule has 0 saturated carbocycles. The van der Waals surface area contributed by atoms with Crippen molar-refractivity contribution in [2.45, 2.75) is 6.92 Å². The van der Waals surface area contributed by atoms with Crippen molar-refractivity contribution in [2.75, 3.05) is 0 Å². The second-order valence-electron chi connectivity index (χ2n) is 8.79. The van der Waals surface area contributed by atoms with Gasteiger partial charge in [-0.1, -0.05) is 115 Å². The molecule has 1 aromatic heterocycles. The third kappa shape index (κ3) is 4.22.